The van der Waals surface area contributed by atoms with Crippen molar-refractivity contribution in [3.63, 3.8) is 0 Å². The predicted octanol–water partition coefficient (Wildman–Crippen LogP) is 0.771. The first kappa shape index (κ1) is 14.0. The Morgan fingerprint density at radius 3 is 3.06 bits per heavy atom. The van der Waals surface area contributed by atoms with Crippen LogP contribution in [0.25, 0.3) is 0 Å². The second-order valence-electron chi connectivity index (χ2n) is 3.46. The fourth-order valence-corrected chi connectivity index (χ4v) is 1.56. The maximum absolute atomic E-state index is 11.5. The fourth-order valence-electron chi connectivity index (χ4n) is 1.24. The largest absolute Gasteiger partial charge is 0.382 e. The third-order valence-electron chi connectivity index (χ3n) is 2.04. The predicted molar refractivity (Wildman–Crippen MR) is 68.5 cm³/mol. The van der Waals surface area contributed by atoms with Gasteiger partial charge in [-0.15, -0.1) is 0 Å². The van der Waals surface area contributed by atoms with Gasteiger partial charge in [0.25, 0.3) is 0 Å². The second kappa shape index (κ2) is 7.29. The number of carbonyl (C=O) groups excluding carboxylic acids is 1. The summed E-state index contributed by atoms with van der Waals surface area (Å²) in [4.78, 5) is 11.5. The number of nitrogens with two attached hydrogens (primary N) is 1. The number of anilines is 1. The van der Waals surface area contributed by atoms with E-state index in [1.54, 1.807) is 6.20 Å². The molecule has 0 radical (unpaired) electrons. The first-order valence-corrected chi connectivity index (χ1v) is 6.25. The number of nitrogens with zero attached hydrogens (tertiary/aromatic N) is 2. The Morgan fingerprint density at radius 2 is 2.47 bits per heavy atom. The molecule has 17 heavy (non-hydrogen) atoms. The Balaban J connectivity index is 2.21. The minimum absolute atomic E-state index is 0.0866. The van der Waals surface area contributed by atoms with Gasteiger partial charge in [0, 0.05) is 26.0 Å². The van der Waals surface area contributed by atoms with Crippen LogP contribution in [0, 0.1) is 0 Å². The van der Waals surface area contributed by atoms with E-state index in [1.165, 1.54) is 4.68 Å². The van der Waals surface area contributed by atoms with Gasteiger partial charge in [-0.25, -0.2) is 0 Å². The highest BCUT2D eigenvalue weighted by atomic mass is 79.9. The maximum atomic E-state index is 11.5. The number of rotatable bonds is 7. The number of aromatic nitrogens is 2. The van der Waals surface area contributed by atoms with Crippen LogP contribution in [-0.2, 0) is 16.1 Å². The summed E-state index contributed by atoms with van der Waals surface area (Å²) in [5, 5.41) is 6.75. The van der Waals surface area contributed by atoms with E-state index in [2.05, 4.69) is 26.3 Å². The molecule has 1 amide bonds. The number of carbonyl (C=O) groups is 1. The highest BCUT2D eigenvalue weighted by molar-refractivity contribution is 9.10. The molecule has 7 heteroatoms. The van der Waals surface area contributed by atoms with E-state index >= 15 is 0 Å². The number of hydrogen-bond donors (Lipinski definition) is 2. The van der Waals surface area contributed by atoms with Gasteiger partial charge in [0.2, 0.25) is 5.91 Å². The summed E-state index contributed by atoms with van der Waals surface area (Å²) < 4.78 is 7.35. The molecule has 0 fully saturated rings. The lowest BCUT2D eigenvalue weighted by Gasteiger charge is -2.05. The summed E-state index contributed by atoms with van der Waals surface area (Å²) >= 11 is 3.23. The van der Waals surface area contributed by atoms with E-state index in [0.717, 1.165) is 6.42 Å². The Morgan fingerprint density at radius 1 is 1.71 bits per heavy atom. The van der Waals surface area contributed by atoms with Gasteiger partial charge < -0.3 is 15.8 Å². The van der Waals surface area contributed by atoms with E-state index in [-0.39, 0.29) is 12.5 Å². The van der Waals surface area contributed by atoms with Gasteiger partial charge in [-0.2, -0.15) is 5.10 Å². The zero-order valence-electron chi connectivity index (χ0n) is 9.78. The smallest absolute Gasteiger partial charge is 0.241 e. The number of ether oxygens (including phenoxy) is 1. The fraction of sp³-hybridized carbons (Fsp3) is 0.600. The summed E-state index contributed by atoms with van der Waals surface area (Å²) in [6.07, 6.45) is 2.49. The maximum Gasteiger partial charge on any atom is 0.241 e. The van der Waals surface area contributed by atoms with Crippen molar-refractivity contribution in [3.8, 4) is 0 Å². The zero-order chi connectivity index (χ0) is 12.7. The number of nitrogen functional groups attached to an aromatic ring is 1. The number of nitrogens with one attached hydrogen (secondary N) is 1. The van der Waals surface area contributed by atoms with Crippen LogP contribution >= 0.6 is 15.9 Å². The lowest BCUT2D eigenvalue weighted by Crippen LogP contribution is -2.29. The molecule has 0 spiro atoms. The molecule has 1 aromatic heterocycles. The van der Waals surface area contributed by atoms with Crippen molar-refractivity contribution in [3.05, 3.63) is 10.7 Å². The van der Waals surface area contributed by atoms with Crippen LogP contribution in [-0.4, -0.2) is 35.4 Å². The summed E-state index contributed by atoms with van der Waals surface area (Å²) in [5.74, 6) is 0.297. The van der Waals surface area contributed by atoms with E-state index in [9.17, 15) is 4.79 Å². The van der Waals surface area contributed by atoms with E-state index < -0.39 is 0 Å². The van der Waals surface area contributed by atoms with Crippen molar-refractivity contribution < 1.29 is 9.53 Å². The number of amides is 1. The van der Waals surface area contributed by atoms with Crippen molar-refractivity contribution in [2.24, 2.45) is 0 Å². The van der Waals surface area contributed by atoms with Gasteiger partial charge >= 0.3 is 0 Å². The first-order chi connectivity index (χ1) is 8.13. The molecule has 0 bridgehead atoms. The molecule has 0 unspecified atom stereocenters. The molecule has 1 rings (SSSR count). The third kappa shape index (κ3) is 5.18. The minimum Gasteiger partial charge on any atom is -0.382 e. The topological polar surface area (TPSA) is 82.2 Å². The van der Waals surface area contributed by atoms with Crippen LogP contribution in [0.5, 0.6) is 0 Å². The van der Waals surface area contributed by atoms with E-state index in [0.29, 0.717) is 30.0 Å². The number of hydrogen-bond acceptors (Lipinski definition) is 4. The first-order valence-electron chi connectivity index (χ1n) is 5.46. The Hall–Kier alpha value is -1.08. The summed E-state index contributed by atoms with van der Waals surface area (Å²) in [5.41, 5.74) is 5.54. The second-order valence-corrected chi connectivity index (χ2v) is 4.31. The molecular formula is C10H17BrN4O2. The van der Waals surface area contributed by atoms with Crippen molar-refractivity contribution in [1.82, 2.24) is 15.1 Å². The summed E-state index contributed by atoms with van der Waals surface area (Å²) in [6.45, 7) is 4.09. The molecule has 0 saturated carbocycles. The molecule has 0 aromatic carbocycles. The molecule has 6 nitrogen and oxygen atoms in total. The standard InChI is InChI=1S/C10H17BrN4O2/c1-2-17-5-3-4-13-9(16)7-15-6-8(11)10(12)14-15/h6H,2-5,7H2,1H3,(H2,12,14)(H,13,16). The highest BCUT2D eigenvalue weighted by Gasteiger charge is 2.06. The molecule has 1 heterocycles. The van der Waals surface area contributed by atoms with Gasteiger partial charge in [0.1, 0.15) is 6.54 Å². The van der Waals surface area contributed by atoms with Crippen LogP contribution in [0.4, 0.5) is 5.82 Å². The van der Waals surface area contributed by atoms with Crippen LogP contribution in [0.3, 0.4) is 0 Å². The molecule has 0 aliphatic heterocycles. The molecule has 0 aliphatic rings. The van der Waals surface area contributed by atoms with Crippen LogP contribution in [0.2, 0.25) is 0 Å². The average molecular weight is 305 g/mol. The molecule has 0 atom stereocenters. The molecule has 96 valence electrons. The molecule has 0 aliphatic carbocycles. The van der Waals surface area contributed by atoms with Crippen molar-refractivity contribution >= 4 is 27.7 Å². The third-order valence-corrected chi connectivity index (χ3v) is 2.65. The van der Waals surface area contributed by atoms with Crippen molar-refractivity contribution in [2.45, 2.75) is 19.9 Å². The zero-order valence-corrected chi connectivity index (χ0v) is 11.4. The lowest BCUT2D eigenvalue weighted by atomic mass is 10.4. The van der Waals surface area contributed by atoms with Gasteiger partial charge in [0.05, 0.1) is 4.47 Å². The Kier molecular flexibility index (Phi) is 5.99. The number of halogens is 1. The normalized spacial score (nSPS) is 10.5. The lowest BCUT2D eigenvalue weighted by molar-refractivity contribution is -0.121. The summed E-state index contributed by atoms with van der Waals surface area (Å²) in [7, 11) is 0. The molecule has 1 aromatic rings. The molecule has 3 N–H and O–H groups in total. The summed E-state index contributed by atoms with van der Waals surface area (Å²) in [6, 6.07) is 0. The molecular weight excluding hydrogens is 288 g/mol. The van der Waals surface area contributed by atoms with E-state index in [1.807, 2.05) is 6.92 Å². The average Bonchev–Trinajstić information content (AvgIpc) is 2.57. The molecule has 0 saturated heterocycles. The van der Waals surface area contributed by atoms with E-state index in [4.69, 9.17) is 10.5 Å². The highest BCUT2D eigenvalue weighted by Crippen LogP contribution is 2.15. The van der Waals surface area contributed by atoms with Crippen LogP contribution in [0.15, 0.2) is 10.7 Å². The monoisotopic (exact) mass is 304 g/mol. The van der Waals surface area contributed by atoms with Crippen molar-refractivity contribution in [2.75, 3.05) is 25.5 Å². The Labute approximate surface area is 109 Å². The van der Waals surface area contributed by atoms with Crippen LogP contribution in [0.1, 0.15) is 13.3 Å². The van der Waals surface area contributed by atoms with Gasteiger partial charge in [-0.3, -0.25) is 9.48 Å². The Bertz CT molecular complexity index is 348. The minimum atomic E-state index is -0.0866. The van der Waals surface area contributed by atoms with Gasteiger partial charge in [0.15, 0.2) is 5.82 Å². The van der Waals surface area contributed by atoms with Gasteiger partial charge in [-0.1, -0.05) is 0 Å². The van der Waals surface area contributed by atoms with Gasteiger partial charge in [-0.05, 0) is 29.3 Å². The van der Waals surface area contributed by atoms with Crippen molar-refractivity contribution in [1.29, 1.82) is 0 Å². The SMILES string of the molecule is CCOCCCNC(=O)Cn1cc(Br)c(N)n1. The quantitative estimate of drug-likeness (QED) is 0.729. The van der Waals surface area contributed by atoms with Crippen LogP contribution < -0.4 is 11.1 Å².